The molecular weight excluding hydrogens is 380 g/mol. The van der Waals surface area contributed by atoms with Crippen LogP contribution in [-0.2, 0) is 6.42 Å². The average Bonchev–Trinajstić information content (AvgIpc) is 3.06. The number of thiazole rings is 1. The maximum Gasteiger partial charge on any atom is 0.0964 e. The number of fused-ring (bicyclic) bond motifs is 1. The van der Waals surface area contributed by atoms with E-state index >= 15 is 0 Å². The Bertz CT molecular complexity index is 661. The van der Waals surface area contributed by atoms with Crippen LogP contribution in [0, 0.1) is 0 Å². The van der Waals surface area contributed by atoms with Gasteiger partial charge < -0.3 is 5.32 Å². The van der Waals surface area contributed by atoms with Crippen molar-refractivity contribution in [3.63, 3.8) is 0 Å². The number of rotatable bonds is 2. The van der Waals surface area contributed by atoms with Gasteiger partial charge in [-0.1, -0.05) is 26.5 Å². The summed E-state index contributed by atoms with van der Waals surface area (Å²) in [4.78, 5) is 4.97. The SMILES string of the molecule is Br.C.CC1CCCc2ccc(-c3csc(C4CCNCC4)n3)cc21. The molecule has 0 saturated carbocycles. The van der Waals surface area contributed by atoms with Crippen LogP contribution in [-0.4, -0.2) is 18.1 Å². The van der Waals surface area contributed by atoms with Crippen molar-refractivity contribution in [2.45, 2.75) is 58.3 Å². The molecular formula is C20H29BrN2S. The number of hydrogen-bond acceptors (Lipinski definition) is 3. The first kappa shape index (κ1) is 19.6. The molecule has 0 bridgehead atoms. The summed E-state index contributed by atoms with van der Waals surface area (Å²) >= 11 is 1.85. The fourth-order valence-electron chi connectivity index (χ4n) is 3.87. The topological polar surface area (TPSA) is 24.9 Å². The first-order valence-corrected chi connectivity index (χ1v) is 9.48. The van der Waals surface area contributed by atoms with Crippen molar-refractivity contribution in [2.24, 2.45) is 0 Å². The van der Waals surface area contributed by atoms with E-state index in [-0.39, 0.29) is 24.4 Å². The lowest BCUT2D eigenvalue weighted by Gasteiger charge is -2.22. The molecule has 1 saturated heterocycles. The Morgan fingerprint density at radius 1 is 1.17 bits per heavy atom. The van der Waals surface area contributed by atoms with E-state index in [1.807, 2.05) is 11.3 Å². The maximum absolute atomic E-state index is 4.97. The molecule has 2 aliphatic rings. The third kappa shape index (κ3) is 3.92. The highest BCUT2D eigenvalue weighted by Gasteiger charge is 2.20. The van der Waals surface area contributed by atoms with E-state index in [0.29, 0.717) is 11.8 Å². The van der Waals surface area contributed by atoms with Crippen LogP contribution in [0.25, 0.3) is 11.3 Å². The molecule has 132 valence electrons. The Hall–Kier alpha value is -0.710. The first-order valence-electron chi connectivity index (χ1n) is 8.60. The Morgan fingerprint density at radius 3 is 2.75 bits per heavy atom. The highest BCUT2D eigenvalue weighted by atomic mass is 79.9. The van der Waals surface area contributed by atoms with Gasteiger partial charge in [-0.2, -0.15) is 0 Å². The van der Waals surface area contributed by atoms with E-state index in [1.165, 1.54) is 48.4 Å². The molecule has 4 heteroatoms. The van der Waals surface area contributed by atoms with Crippen molar-refractivity contribution in [1.82, 2.24) is 10.3 Å². The fraction of sp³-hybridized carbons (Fsp3) is 0.550. The lowest BCUT2D eigenvalue weighted by atomic mass is 9.83. The Kier molecular flexibility index (Phi) is 7.02. The number of benzene rings is 1. The molecule has 2 heterocycles. The van der Waals surface area contributed by atoms with Crippen LogP contribution in [0.1, 0.15) is 68.0 Å². The summed E-state index contributed by atoms with van der Waals surface area (Å²) < 4.78 is 0. The van der Waals surface area contributed by atoms with Crippen molar-refractivity contribution >= 4 is 28.3 Å². The van der Waals surface area contributed by atoms with Crippen LogP contribution >= 0.6 is 28.3 Å². The van der Waals surface area contributed by atoms with Crippen molar-refractivity contribution in [3.05, 3.63) is 39.7 Å². The van der Waals surface area contributed by atoms with Crippen LogP contribution < -0.4 is 5.32 Å². The molecule has 1 atom stereocenters. The van der Waals surface area contributed by atoms with E-state index in [1.54, 1.807) is 11.1 Å². The van der Waals surface area contributed by atoms with Gasteiger partial charge in [-0.15, -0.1) is 28.3 Å². The number of aryl methyl sites for hydroxylation is 1. The van der Waals surface area contributed by atoms with Gasteiger partial charge in [0.15, 0.2) is 0 Å². The quantitative estimate of drug-likeness (QED) is 0.665. The number of piperidine rings is 1. The van der Waals surface area contributed by atoms with Crippen molar-refractivity contribution in [1.29, 1.82) is 0 Å². The van der Waals surface area contributed by atoms with E-state index < -0.39 is 0 Å². The molecule has 1 aliphatic carbocycles. The monoisotopic (exact) mass is 408 g/mol. The van der Waals surface area contributed by atoms with Gasteiger partial charge in [-0.3, -0.25) is 0 Å². The zero-order chi connectivity index (χ0) is 14.9. The summed E-state index contributed by atoms with van der Waals surface area (Å²) in [5.74, 6) is 1.36. The lowest BCUT2D eigenvalue weighted by Crippen LogP contribution is -2.26. The van der Waals surface area contributed by atoms with Crippen LogP contribution in [0.2, 0.25) is 0 Å². The minimum Gasteiger partial charge on any atom is -0.317 e. The first-order chi connectivity index (χ1) is 10.8. The number of nitrogens with one attached hydrogen (secondary N) is 1. The molecule has 1 fully saturated rings. The van der Waals surface area contributed by atoms with E-state index in [4.69, 9.17) is 4.98 Å². The molecule has 0 amide bonds. The number of aromatic nitrogens is 1. The summed E-state index contributed by atoms with van der Waals surface area (Å²) in [5.41, 5.74) is 5.60. The van der Waals surface area contributed by atoms with E-state index in [0.717, 1.165) is 13.1 Å². The summed E-state index contributed by atoms with van der Waals surface area (Å²) in [7, 11) is 0. The van der Waals surface area contributed by atoms with E-state index in [9.17, 15) is 0 Å². The van der Waals surface area contributed by atoms with Gasteiger partial charge in [0.1, 0.15) is 0 Å². The zero-order valence-electron chi connectivity index (χ0n) is 13.7. The molecule has 2 nitrogen and oxygen atoms in total. The second kappa shape index (κ2) is 8.59. The molecule has 0 radical (unpaired) electrons. The van der Waals surface area contributed by atoms with E-state index in [2.05, 4.69) is 35.8 Å². The molecule has 1 aromatic heterocycles. The van der Waals surface area contributed by atoms with Crippen LogP contribution in [0.3, 0.4) is 0 Å². The van der Waals surface area contributed by atoms with Gasteiger partial charge in [0, 0.05) is 16.9 Å². The third-order valence-electron chi connectivity index (χ3n) is 5.27. The van der Waals surface area contributed by atoms with Crippen molar-refractivity contribution in [3.8, 4) is 11.3 Å². The molecule has 4 rings (SSSR count). The maximum atomic E-state index is 4.97. The van der Waals surface area contributed by atoms with Crippen molar-refractivity contribution in [2.75, 3.05) is 13.1 Å². The lowest BCUT2D eigenvalue weighted by molar-refractivity contribution is 0.459. The third-order valence-corrected chi connectivity index (χ3v) is 6.27. The summed E-state index contributed by atoms with van der Waals surface area (Å²) in [5, 5.41) is 7.03. The minimum atomic E-state index is 0. The van der Waals surface area contributed by atoms with Crippen LogP contribution in [0.4, 0.5) is 0 Å². The molecule has 1 unspecified atom stereocenters. The second-order valence-corrected chi connectivity index (χ2v) is 7.69. The van der Waals surface area contributed by atoms with Crippen LogP contribution in [0.5, 0.6) is 0 Å². The summed E-state index contributed by atoms with van der Waals surface area (Å²) in [6.45, 7) is 4.63. The predicted octanol–water partition coefficient (Wildman–Crippen LogP) is 5.93. The predicted molar refractivity (Wildman–Crippen MR) is 111 cm³/mol. The Labute approximate surface area is 160 Å². The molecule has 1 aromatic carbocycles. The zero-order valence-corrected chi connectivity index (χ0v) is 16.2. The normalized spacial score (nSPS) is 20.6. The fourth-order valence-corrected chi connectivity index (χ4v) is 4.87. The standard InChI is InChI=1S/C19H24N2S.CH4.BrH/c1-13-3-2-4-14-5-6-16(11-17(13)14)18-12-22-19(21-18)15-7-9-20-10-8-15;;/h5-6,11-13,15,20H,2-4,7-10H2,1H3;1H4;1H. The number of hydrogen-bond donors (Lipinski definition) is 1. The largest absolute Gasteiger partial charge is 0.317 e. The summed E-state index contributed by atoms with van der Waals surface area (Å²) in [6.07, 6.45) is 6.37. The molecule has 1 aliphatic heterocycles. The van der Waals surface area contributed by atoms with Gasteiger partial charge >= 0.3 is 0 Å². The smallest absolute Gasteiger partial charge is 0.0964 e. The van der Waals surface area contributed by atoms with Gasteiger partial charge in [-0.05, 0) is 68.3 Å². The van der Waals surface area contributed by atoms with Gasteiger partial charge in [0.05, 0.1) is 10.7 Å². The molecule has 0 spiro atoms. The van der Waals surface area contributed by atoms with Gasteiger partial charge in [0.25, 0.3) is 0 Å². The Morgan fingerprint density at radius 2 is 1.96 bits per heavy atom. The number of halogens is 1. The highest BCUT2D eigenvalue weighted by Crippen LogP contribution is 2.36. The van der Waals surface area contributed by atoms with Crippen molar-refractivity contribution < 1.29 is 0 Å². The van der Waals surface area contributed by atoms with Gasteiger partial charge in [-0.25, -0.2) is 4.98 Å². The number of nitrogens with zero attached hydrogens (tertiary/aromatic N) is 1. The average molecular weight is 409 g/mol. The summed E-state index contributed by atoms with van der Waals surface area (Å²) in [6, 6.07) is 7.02. The Balaban J connectivity index is 0.00000104. The van der Waals surface area contributed by atoms with Gasteiger partial charge in [0.2, 0.25) is 0 Å². The molecule has 1 N–H and O–H groups in total. The highest BCUT2D eigenvalue weighted by molar-refractivity contribution is 8.93. The molecule has 2 aromatic rings. The minimum absolute atomic E-state index is 0. The molecule has 24 heavy (non-hydrogen) atoms. The second-order valence-electron chi connectivity index (χ2n) is 6.80. The van der Waals surface area contributed by atoms with Crippen LogP contribution in [0.15, 0.2) is 23.6 Å².